The van der Waals surface area contributed by atoms with Crippen LogP contribution in [0.15, 0.2) is 46.9 Å². The summed E-state index contributed by atoms with van der Waals surface area (Å²) in [5.74, 6) is -2.58. The SMILES string of the molecule is O=C(O)C(F)(F)Oc1ccc2oc3ccccc3c2c1. The van der Waals surface area contributed by atoms with Gasteiger partial charge in [-0.1, -0.05) is 18.2 Å². The van der Waals surface area contributed by atoms with E-state index in [1.54, 1.807) is 24.3 Å². The van der Waals surface area contributed by atoms with Crippen LogP contribution in [0.25, 0.3) is 21.9 Å². The molecule has 102 valence electrons. The van der Waals surface area contributed by atoms with Gasteiger partial charge in [0.25, 0.3) is 0 Å². The van der Waals surface area contributed by atoms with E-state index in [0.717, 1.165) is 5.39 Å². The number of furan rings is 1. The molecule has 1 N–H and O–H groups in total. The summed E-state index contributed by atoms with van der Waals surface area (Å²) < 4.78 is 35.8. The largest absolute Gasteiger partial charge is 0.501 e. The van der Waals surface area contributed by atoms with E-state index in [-0.39, 0.29) is 5.75 Å². The molecule has 0 spiro atoms. The highest BCUT2D eigenvalue weighted by atomic mass is 19.3. The molecule has 1 aromatic heterocycles. The number of fused-ring (bicyclic) bond motifs is 3. The Labute approximate surface area is 111 Å². The first-order valence-corrected chi connectivity index (χ1v) is 5.69. The number of hydrogen-bond acceptors (Lipinski definition) is 3. The minimum atomic E-state index is -4.27. The highest BCUT2D eigenvalue weighted by Gasteiger charge is 2.42. The first-order valence-electron chi connectivity index (χ1n) is 5.69. The number of para-hydroxylation sites is 1. The highest BCUT2D eigenvalue weighted by molar-refractivity contribution is 6.05. The third-order valence-electron chi connectivity index (χ3n) is 2.84. The van der Waals surface area contributed by atoms with Crippen LogP contribution in [0.5, 0.6) is 5.75 Å². The lowest BCUT2D eigenvalue weighted by atomic mass is 10.1. The maximum atomic E-state index is 13.0. The maximum Gasteiger partial charge on any atom is 0.501 e. The Balaban J connectivity index is 2.10. The van der Waals surface area contributed by atoms with Crippen molar-refractivity contribution in [3.05, 3.63) is 42.5 Å². The predicted molar refractivity (Wildman–Crippen MR) is 66.9 cm³/mol. The van der Waals surface area contributed by atoms with E-state index >= 15 is 0 Å². The molecule has 2 aromatic carbocycles. The van der Waals surface area contributed by atoms with Gasteiger partial charge in [0, 0.05) is 10.8 Å². The number of rotatable bonds is 3. The summed E-state index contributed by atoms with van der Waals surface area (Å²) in [5, 5.41) is 9.68. The lowest BCUT2D eigenvalue weighted by molar-refractivity contribution is -0.210. The second-order valence-corrected chi connectivity index (χ2v) is 4.18. The van der Waals surface area contributed by atoms with Crippen LogP contribution in [0.1, 0.15) is 0 Å². The summed E-state index contributed by atoms with van der Waals surface area (Å²) in [5.41, 5.74) is 1.13. The fraction of sp³-hybridized carbons (Fsp3) is 0.0714. The normalized spacial score (nSPS) is 11.9. The molecule has 6 heteroatoms. The van der Waals surface area contributed by atoms with Crippen LogP contribution >= 0.6 is 0 Å². The third kappa shape index (κ3) is 1.95. The lowest BCUT2D eigenvalue weighted by Crippen LogP contribution is -2.34. The molecule has 0 aliphatic carbocycles. The van der Waals surface area contributed by atoms with Crippen molar-refractivity contribution in [1.29, 1.82) is 0 Å². The van der Waals surface area contributed by atoms with E-state index in [1.165, 1.54) is 18.2 Å². The van der Waals surface area contributed by atoms with Crippen LogP contribution in [0.4, 0.5) is 8.78 Å². The van der Waals surface area contributed by atoms with Crippen molar-refractivity contribution >= 4 is 27.9 Å². The van der Waals surface area contributed by atoms with Crippen molar-refractivity contribution in [3.63, 3.8) is 0 Å². The van der Waals surface area contributed by atoms with Gasteiger partial charge < -0.3 is 14.3 Å². The average Bonchev–Trinajstić information content (AvgIpc) is 2.76. The number of benzene rings is 2. The van der Waals surface area contributed by atoms with Gasteiger partial charge in [-0.2, -0.15) is 8.78 Å². The Morgan fingerprint density at radius 3 is 2.55 bits per heavy atom. The highest BCUT2D eigenvalue weighted by Crippen LogP contribution is 2.32. The molecule has 0 aliphatic heterocycles. The van der Waals surface area contributed by atoms with Crippen LogP contribution in [0.2, 0.25) is 0 Å². The number of carbonyl (C=O) groups is 1. The van der Waals surface area contributed by atoms with Crippen molar-refractivity contribution < 1.29 is 27.8 Å². The second kappa shape index (κ2) is 4.19. The smallest absolute Gasteiger partial charge is 0.474 e. The van der Waals surface area contributed by atoms with Gasteiger partial charge in [0.15, 0.2) is 0 Å². The number of carboxylic acid groups (broad SMARTS) is 1. The van der Waals surface area contributed by atoms with Crippen molar-refractivity contribution in [3.8, 4) is 5.75 Å². The van der Waals surface area contributed by atoms with Crippen molar-refractivity contribution in [2.75, 3.05) is 0 Å². The Bertz CT molecular complexity index is 807. The summed E-state index contributed by atoms with van der Waals surface area (Å²) in [6.45, 7) is 0. The summed E-state index contributed by atoms with van der Waals surface area (Å²) in [7, 11) is 0. The standard InChI is InChI=1S/C14H8F2O4/c15-14(16,13(17)18)20-8-5-6-12-10(7-8)9-3-1-2-4-11(9)19-12/h1-7H,(H,17,18). The monoisotopic (exact) mass is 278 g/mol. The molecule has 0 bridgehead atoms. The van der Waals surface area contributed by atoms with E-state index in [1.807, 2.05) is 0 Å². The fourth-order valence-corrected chi connectivity index (χ4v) is 1.96. The molecule has 4 nitrogen and oxygen atoms in total. The number of ether oxygens (including phenoxy) is 1. The molecule has 0 aliphatic rings. The summed E-state index contributed by atoms with van der Waals surface area (Å²) in [4.78, 5) is 10.4. The van der Waals surface area contributed by atoms with Gasteiger partial charge in [0.05, 0.1) is 0 Å². The van der Waals surface area contributed by atoms with Gasteiger partial charge in [-0.25, -0.2) is 4.79 Å². The molecular weight excluding hydrogens is 270 g/mol. The van der Waals surface area contributed by atoms with E-state index in [2.05, 4.69) is 4.74 Å². The maximum absolute atomic E-state index is 13.0. The molecule has 0 unspecified atom stereocenters. The lowest BCUT2D eigenvalue weighted by Gasteiger charge is -2.12. The van der Waals surface area contributed by atoms with E-state index in [9.17, 15) is 13.6 Å². The van der Waals surface area contributed by atoms with Gasteiger partial charge >= 0.3 is 12.1 Å². The first kappa shape index (κ1) is 12.4. The van der Waals surface area contributed by atoms with E-state index in [4.69, 9.17) is 9.52 Å². The van der Waals surface area contributed by atoms with Gasteiger partial charge in [-0.05, 0) is 24.3 Å². The van der Waals surface area contributed by atoms with Crippen LogP contribution in [-0.4, -0.2) is 17.2 Å². The van der Waals surface area contributed by atoms with Crippen LogP contribution < -0.4 is 4.74 Å². The molecule has 0 amide bonds. The molecule has 20 heavy (non-hydrogen) atoms. The molecule has 0 radical (unpaired) electrons. The minimum Gasteiger partial charge on any atom is -0.474 e. The minimum absolute atomic E-state index is 0.239. The molecule has 1 heterocycles. The Kier molecular flexibility index (Phi) is 2.60. The van der Waals surface area contributed by atoms with E-state index < -0.39 is 12.1 Å². The van der Waals surface area contributed by atoms with Crippen LogP contribution in [0, 0.1) is 0 Å². The third-order valence-corrected chi connectivity index (χ3v) is 2.84. The van der Waals surface area contributed by atoms with Gasteiger partial charge in [-0.15, -0.1) is 0 Å². The Hall–Kier alpha value is -2.63. The molecule has 3 aromatic rings. The first-order chi connectivity index (χ1) is 9.47. The number of halogens is 2. The number of alkyl halides is 2. The van der Waals surface area contributed by atoms with Crippen LogP contribution in [-0.2, 0) is 4.79 Å². The molecule has 0 atom stereocenters. The zero-order chi connectivity index (χ0) is 14.3. The van der Waals surface area contributed by atoms with Crippen molar-refractivity contribution in [1.82, 2.24) is 0 Å². The zero-order valence-corrected chi connectivity index (χ0v) is 9.97. The van der Waals surface area contributed by atoms with Gasteiger partial charge in [-0.3, -0.25) is 0 Å². The number of carboxylic acids is 1. The zero-order valence-electron chi connectivity index (χ0n) is 9.97. The Morgan fingerprint density at radius 1 is 1.10 bits per heavy atom. The van der Waals surface area contributed by atoms with Crippen LogP contribution in [0.3, 0.4) is 0 Å². The quantitative estimate of drug-likeness (QED) is 0.794. The summed E-state index contributed by atoms with van der Waals surface area (Å²) in [6, 6.07) is 11.1. The summed E-state index contributed by atoms with van der Waals surface area (Å²) in [6.07, 6.45) is -4.27. The Morgan fingerprint density at radius 2 is 1.80 bits per heavy atom. The van der Waals surface area contributed by atoms with E-state index in [0.29, 0.717) is 16.6 Å². The molecular formula is C14H8F2O4. The van der Waals surface area contributed by atoms with Crippen molar-refractivity contribution in [2.45, 2.75) is 6.11 Å². The molecule has 0 fully saturated rings. The second-order valence-electron chi connectivity index (χ2n) is 4.18. The topological polar surface area (TPSA) is 59.7 Å². The molecule has 0 saturated heterocycles. The summed E-state index contributed by atoms with van der Waals surface area (Å²) >= 11 is 0. The molecule has 3 rings (SSSR count). The van der Waals surface area contributed by atoms with Gasteiger partial charge in [0.2, 0.25) is 0 Å². The van der Waals surface area contributed by atoms with Gasteiger partial charge in [0.1, 0.15) is 16.9 Å². The number of hydrogen-bond donors (Lipinski definition) is 1. The molecule has 0 saturated carbocycles. The average molecular weight is 278 g/mol. The number of aliphatic carboxylic acids is 1. The fourth-order valence-electron chi connectivity index (χ4n) is 1.96. The predicted octanol–water partition coefficient (Wildman–Crippen LogP) is 3.64. The van der Waals surface area contributed by atoms with Crippen molar-refractivity contribution in [2.24, 2.45) is 0 Å².